The Balaban J connectivity index is 1.58. The molecule has 0 N–H and O–H groups in total. The first-order chi connectivity index (χ1) is 13.9. The third-order valence-corrected chi connectivity index (χ3v) is 6.55. The molecular weight excluding hydrogens is 373 g/mol. The number of halogens is 3. The van der Waals surface area contributed by atoms with Gasteiger partial charge in [-0.25, -0.2) is 0 Å². The van der Waals surface area contributed by atoms with Gasteiger partial charge < -0.3 is 4.57 Å². The maximum Gasteiger partial charge on any atom is 0.416 e. The molecule has 1 aliphatic heterocycles. The van der Waals surface area contributed by atoms with Crippen LogP contribution < -0.4 is 0 Å². The van der Waals surface area contributed by atoms with Gasteiger partial charge in [-0.3, -0.25) is 4.90 Å². The van der Waals surface area contributed by atoms with E-state index >= 15 is 0 Å². The topological polar surface area (TPSA) is 8.17 Å². The van der Waals surface area contributed by atoms with Gasteiger partial charge in [0.15, 0.2) is 0 Å². The summed E-state index contributed by atoms with van der Waals surface area (Å²) in [6.45, 7) is 4.23. The van der Waals surface area contributed by atoms with Crippen LogP contribution in [0.4, 0.5) is 13.2 Å². The van der Waals surface area contributed by atoms with E-state index in [1.54, 1.807) is 12.1 Å². The Morgan fingerprint density at radius 2 is 1.86 bits per heavy atom. The van der Waals surface area contributed by atoms with Gasteiger partial charge in [0.1, 0.15) is 0 Å². The highest BCUT2D eigenvalue weighted by Crippen LogP contribution is 2.43. The average molecular weight is 398 g/mol. The predicted molar refractivity (Wildman–Crippen MR) is 109 cm³/mol. The van der Waals surface area contributed by atoms with E-state index in [4.69, 9.17) is 0 Å². The van der Waals surface area contributed by atoms with Crippen molar-refractivity contribution in [1.29, 1.82) is 0 Å². The van der Waals surface area contributed by atoms with Crippen molar-refractivity contribution in [3.8, 4) is 0 Å². The molecule has 0 fully saturated rings. The number of aryl methyl sites for hydroxylation is 3. The van der Waals surface area contributed by atoms with Crippen molar-refractivity contribution in [3.05, 3.63) is 70.4 Å². The maximum atomic E-state index is 13.5. The molecule has 2 heterocycles. The lowest BCUT2D eigenvalue weighted by molar-refractivity contribution is -0.138. The van der Waals surface area contributed by atoms with E-state index in [0.717, 1.165) is 38.8 Å². The van der Waals surface area contributed by atoms with Gasteiger partial charge in [0.25, 0.3) is 0 Å². The van der Waals surface area contributed by atoms with E-state index in [0.29, 0.717) is 12.1 Å². The molecule has 152 valence electrons. The minimum atomic E-state index is -4.31. The van der Waals surface area contributed by atoms with Crippen molar-refractivity contribution < 1.29 is 13.2 Å². The Kier molecular flexibility index (Phi) is 4.46. The normalized spacial score (nSPS) is 19.9. The van der Waals surface area contributed by atoms with Crippen molar-refractivity contribution in [2.24, 2.45) is 0 Å². The van der Waals surface area contributed by atoms with Crippen molar-refractivity contribution >= 4 is 10.9 Å². The van der Waals surface area contributed by atoms with Crippen molar-refractivity contribution in [2.45, 2.75) is 57.9 Å². The van der Waals surface area contributed by atoms with Crippen LogP contribution in [0.3, 0.4) is 0 Å². The van der Waals surface area contributed by atoms with Crippen molar-refractivity contribution in [1.82, 2.24) is 9.47 Å². The van der Waals surface area contributed by atoms with Crippen LogP contribution in [0.5, 0.6) is 0 Å². The summed E-state index contributed by atoms with van der Waals surface area (Å²) < 4.78 is 43.0. The SMILES string of the molecule is Cc1ccc2c(c1)c1c3n2CCCN(Cc2ccccc2C(F)(F)F)C3CCC1. The van der Waals surface area contributed by atoms with Crippen LogP contribution in [-0.4, -0.2) is 16.0 Å². The van der Waals surface area contributed by atoms with Crippen LogP contribution in [0, 0.1) is 6.92 Å². The Hall–Kier alpha value is -2.27. The summed E-state index contributed by atoms with van der Waals surface area (Å²) in [6, 6.07) is 12.9. The molecule has 2 nitrogen and oxygen atoms in total. The van der Waals surface area contributed by atoms with Crippen LogP contribution in [0.25, 0.3) is 10.9 Å². The summed E-state index contributed by atoms with van der Waals surface area (Å²) in [5.74, 6) is 0. The first-order valence-electron chi connectivity index (χ1n) is 10.4. The van der Waals surface area contributed by atoms with Gasteiger partial charge in [-0.1, -0.05) is 29.8 Å². The van der Waals surface area contributed by atoms with Crippen LogP contribution in [-0.2, 0) is 25.7 Å². The summed E-state index contributed by atoms with van der Waals surface area (Å²) in [4.78, 5) is 2.29. The fraction of sp³-hybridized carbons (Fsp3) is 0.417. The minimum Gasteiger partial charge on any atom is -0.343 e. The van der Waals surface area contributed by atoms with E-state index in [-0.39, 0.29) is 6.04 Å². The summed E-state index contributed by atoms with van der Waals surface area (Å²) in [7, 11) is 0. The number of fused-ring (bicyclic) bond motifs is 3. The first-order valence-corrected chi connectivity index (χ1v) is 10.4. The average Bonchev–Trinajstić information content (AvgIpc) is 2.87. The zero-order valence-electron chi connectivity index (χ0n) is 16.6. The molecule has 0 amide bonds. The smallest absolute Gasteiger partial charge is 0.343 e. The highest BCUT2D eigenvalue weighted by molar-refractivity contribution is 5.86. The molecule has 2 aromatic carbocycles. The fourth-order valence-electron chi connectivity index (χ4n) is 5.34. The van der Waals surface area contributed by atoms with Crippen molar-refractivity contribution in [3.63, 3.8) is 0 Å². The molecule has 1 aliphatic carbocycles. The molecule has 5 rings (SSSR count). The molecule has 1 unspecified atom stereocenters. The lowest BCUT2D eigenvalue weighted by Crippen LogP contribution is -2.31. The number of hydrogen-bond acceptors (Lipinski definition) is 1. The zero-order valence-corrected chi connectivity index (χ0v) is 16.6. The third-order valence-electron chi connectivity index (χ3n) is 6.55. The van der Waals surface area contributed by atoms with Gasteiger partial charge in [-0.05, 0) is 61.9 Å². The van der Waals surface area contributed by atoms with Crippen LogP contribution in [0.2, 0.25) is 0 Å². The number of nitrogens with zero attached hydrogens (tertiary/aromatic N) is 2. The quantitative estimate of drug-likeness (QED) is 0.495. The van der Waals surface area contributed by atoms with Crippen LogP contribution in [0.1, 0.15) is 53.3 Å². The van der Waals surface area contributed by atoms with Gasteiger partial charge in [0.05, 0.1) is 11.6 Å². The molecule has 0 bridgehead atoms. The van der Waals surface area contributed by atoms with E-state index in [1.165, 1.54) is 39.9 Å². The molecule has 0 radical (unpaired) electrons. The summed E-state index contributed by atoms with van der Waals surface area (Å²) in [6.07, 6.45) is -0.203. The van der Waals surface area contributed by atoms with Crippen molar-refractivity contribution in [2.75, 3.05) is 6.54 Å². The molecule has 0 saturated carbocycles. The predicted octanol–water partition coefficient (Wildman–Crippen LogP) is 6.25. The first kappa shape index (κ1) is 18.7. The zero-order chi connectivity index (χ0) is 20.2. The molecule has 3 aromatic rings. The Labute approximate surface area is 168 Å². The molecule has 0 spiro atoms. The van der Waals surface area contributed by atoms with Gasteiger partial charge in [-0.2, -0.15) is 13.2 Å². The third kappa shape index (κ3) is 3.16. The Morgan fingerprint density at radius 1 is 1.03 bits per heavy atom. The lowest BCUT2D eigenvalue weighted by Gasteiger charge is -2.34. The van der Waals surface area contributed by atoms with Gasteiger partial charge in [-0.15, -0.1) is 0 Å². The monoisotopic (exact) mass is 398 g/mol. The molecule has 2 aliphatic rings. The molecule has 29 heavy (non-hydrogen) atoms. The van der Waals surface area contributed by atoms with E-state index in [1.807, 2.05) is 0 Å². The van der Waals surface area contributed by atoms with E-state index in [2.05, 4.69) is 34.6 Å². The number of hydrogen-bond donors (Lipinski definition) is 0. The number of aromatic nitrogens is 1. The standard InChI is InChI=1S/C24H25F3N2/c1-16-10-11-21-19(14-16)18-7-4-9-22-23(18)29(21)13-5-12-28(22)15-17-6-2-3-8-20(17)24(25,26)27/h2-3,6,8,10-11,14,22H,4-5,7,9,12-13,15H2,1H3. The largest absolute Gasteiger partial charge is 0.416 e. The molecule has 0 saturated heterocycles. The number of benzene rings is 2. The second-order valence-electron chi connectivity index (χ2n) is 8.42. The molecule has 1 atom stereocenters. The van der Waals surface area contributed by atoms with E-state index < -0.39 is 11.7 Å². The Morgan fingerprint density at radius 3 is 2.69 bits per heavy atom. The fourth-order valence-corrected chi connectivity index (χ4v) is 5.34. The molecule has 1 aromatic heterocycles. The highest BCUT2D eigenvalue weighted by Gasteiger charge is 2.36. The summed E-state index contributed by atoms with van der Waals surface area (Å²) in [5.41, 5.74) is 5.18. The van der Waals surface area contributed by atoms with E-state index in [9.17, 15) is 13.2 Å². The number of rotatable bonds is 2. The van der Waals surface area contributed by atoms with Gasteiger partial charge in [0, 0.05) is 36.2 Å². The summed E-state index contributed by atoms with van der Waals surface area (Å²) in [5, 5.41) is 1.34. The lowest BCUT2D eigenvalue weighted by atomic mass is 9.90. The maximum absolute atomic E-state index is 13.5. The highest BCUT2D eigenvalue weighted by atomic mass is 19.4. The number of alkyl halides is 3. The molecule has 5 heteroatoms. The van der Waals surface area contributed by atoms with Gasteiger partial charge >= 0.3 is 6.18 Å². The molecular formula is C24H25F3N2. The van der Waals surface area contributed by atoms with Gasteiger partial charge in [0.2, 0.25) is 0 Å². The minimum absolute atomic E-state index is 0.190. The Bertz CT molecular complexity index is 1060. The summed E-state index contributed by atoms with van der Waals surface area (Å²) >= 11 is 0. The second kappa shape index (κ2) is 6.91. The van der Waals surface area contributed by atoms with Crippen LogP contribution in [0.15, 0.2) is 42.5 Å². The second-order valence-corrected chi connectivity index (χ2v) is 8.42. The van der Waals surface area contributed by atoms with Crippen LogP contribution >= 0.6 is 0 Å².